The number of carbonyl (C=O) groups is 2. The highest BCUT2D eigenvalue weighted by Gasteiger charge is 2.41. The van der Waals surface area contributed by atoms with Gasteiger partial charge in [-0.2, -0.15) is 0 Å². The zero-order valence-corrected chi connectivity index (χ0v) is 35.6. The van der Waals surface area contributed by atoms with E-state index in [0.29, 0.717) is 25.0 Å². The van der Waals surface area contributed by atoms with Crippen molar-refractivity contribution in [1.29, 1.82) is 0 Å². The van der Waals surface area contributed by atoms with E-state index in [1.54, 1.807) is 0 Å². The molecule has 52 heavy (non-hydrogen) atoms. The van der Waals surface area contributed by atoms with Crippen LogP contribution in [-0.4, -0.2) is 61.4 Å². The minimum atomic E-state index is -0.401. The summed E-state index contributed by atoms with van der Waals surface area (Å²) in [5, 5.41) is 9.32. The van der Waals surface area contributed by atoms with Crippen molar-refractivity contribution in [3.8, 4) is 0 Å². The summed E-state index contributed by atoms with van der Waals surface area (Å²) in [4.78, 5) is 27.8. The molecule has 6 nitrogen and oxygen atoms in total. The monoisotopic (exact) mass is 736 g/mol. The molecule has 308 valence electrons. The number of carbonyl (C=O) groups excluding carboxylic acids is 2. The average molecular weight is 736 g/mol. The van der Waals surface area contributed by atoms with E-state index < -0.39 is 5.41 Å². The van der Waals surface area contributed by atoms with E-state index in [2.05, 4.69) is 25.7 Å². The second-order valence-electron chi connectivity index (χ2n) is 17.4. The van der Waals surface area contributed by atoms with Crippen LogP contribution in [0.15, 0.2) is 0 Å². The van der Waals surface area contributed by atoms with Crippen LogP contribution in [0.2, 0.25) is 0 Å². The Bertz CT molecular complexity index is 833. The maximum Gasteiger partial charge on any atom is 0.311 e. The van der Waals surface area contributed by atoms with Crippen molar-refractivity contribution in [3.63, 3.8) is 0 Å². The largest absolute Gasteiger partial charge is 0.466 e. The summed E-state index contributed by atoms with van der Waals surface area (Å²) in [5.41, 5.74) is -0.0115. The van der Waals surface area contributed by atoms with Crippen LogP contribution in [0.1, 0.15) is 227 Å². The third-order valence-electron chi connectivity index (χ3n) is 11.9. The summed E-state index contributed by atoms with van der Waals surface area (Å²) < 4.78 is 11.3. The van der Waals surface area contributed by atoms with Crippen molar-refractivity contribution < 1.29 is 24.2 Å². The first kappa shape index (κ1) is 48.9. The number of ether oxygens (including phenoxy) is 2. The maximum absolute atomic E-state index is 12.7. The number of nitrogens with zero attached hydrogens (tertiary/aromatic N) is 1. The summed E-state index contributed by atoms with van der Waals surface area (Å²) in [6.45, 7) is 15.6. The predicted molar refractivity (Wildman–Crippen MR) is 221 cm³/mol. The minimum Gasteiger partial charge on any atom is -0.466 e. The SMILES string of the molecule is CCCCCCCCCOC(=O)C(C)(C)CCCCCCN(CCCCO)CCCCC1(CCC(=O)OCCCCC(CCCC)CCCC)CC1. The zero-order chi connectivity index (χ0) is 38.2. The fraction of sp³-hybridized carbons (Fsp3) is 0.957. The van der Waals surface area contributed by atoms with E-state index in [1.165, 1.54) is 128 Å². The Hall–Kier alpha value is -1.14. The number of esters is 2. The van der Waals surface area contributed by atoms with Gasteiger partial charge in [-0.15, -0.1) is 0 Å². The molecule has 1 N–H and O–H groups in total. The van der Waals surface area contributed by atoms with Crippen molar-refractivity contribution in [1.82, 2.24) is 4.90 Å². The number of rotatable bonds is 39. The van der Waals surface area contributed by atoms with Gasteiger partial charge in [0.1, 0.15) is 0 Å². The third kappa shape index (κ3) is 26.6. The first-order valence-electron chi connectivity index (χ1n) is 22.9. The first-order valence-corrected chi connectivity index (χ1v) is 22.9. The van der Waals surface area contributed by atoms with E-state index in [1.807, 2.05) is 13.8 Å². The van der Waals surface area contributed by atoms with E-state index in [4.69, 9.17) is 9.47 Å². The van der Waals surface area contributed by atoms with Crippen LogP contribution in [-0.2, 0) is 19.1 Å². The molecular formula is C46H89NO5. The summed E-state index contributed by atoms with van der Waals surface area (Å²) in [6.07, 6.45) is 35.3. The number of aliphatic hydroxyl groups excluding tert-OH is 1. The van der Waals surface area contributed by atoms with Gasteiger partial charge in [0.15, 0.2) is 0 Å². The Morgan fingerprint density at radius 2 is 1.13 bits per heavy atom. The lowest BCUT2D eigenvalue weighted by molar-refractivity contribution is -0.154. The van der Waals surface area contributed by atoms with Crippen LogP contribution in [0.3, 0.4) is 0 Å². The van der Waals surface area contributed by atoms with Crippen molar-refractivity contribution in [2.24, 2.45) is 16.7 Å². The van der Waals surface area contributed by atoms with Gasteiger partial charge in [0.25, 0.3) is 0 Å². The number of hydrogen-bond donors (Lipinski definition) is 1. The molecule has 6 heteroatoms. The molecule has 1 saturated carbocycles. The second-order valence-corrected chi connectivity index (χ2v) is 17.4. The van der Waals surface area contributed by atoms with Crippen molar-refractivity contribution in [3.05, 3.63) is 0 Å². The molecule has 0 bridgehead atoms. The smallest absolute Gasteiger partial charge is 0.311 e. The molecule has 0 aromatic heterocycles. The summed E-state index contributed by atoms with van der Waals surface area (Å²) in [7, 11) is 0. The Kier molecular flexibility index (Phi) is 30.2. The van der Waals surface area contributed by atoms with E-state index in [-0.39, 0.29) is 18.5 Å². The van der Waals surface area contributed by atoms with Crippen molar-refractivity contribution >= 4 is 11.9 Å². The number of unbranched alkanes of at least 4 members (excludes halogenated alkanes) is 14. The van der Waals surface area contributed by atoms with Crippen LogP contribution < -0.4 is 0 Å². The van der Waals surface area contributed by atoms with Crippen LogP contribution in [0.5, 0.6) is 0 Å². The molecule has 0 aliphatic heterocycles. The summed E-state index contributed by atoms with van der Waals surface area (Å²) >= 11 is 0. The molecule has 0 aromatic rings. The van der Waals surface area contributed by atoms with E-state index in [9.17, 15) is 14.7 Å². The predicted octanol–water partition coefficient (Wildman–Crippen LogP) is 12.8. The maximum atomic E-state index is 12.7. The highest BCUT2D eigenvalue weighted by molar-refractivity contribution is 5.75. The highest BCUT2D eigenvalue weighted by Crippen LogP contribution is 2.53. The molecule has 0 unspecified atom stereocenters. The Morgan fingerprint density at radius 3 is 1.77 bits per heavy atom. The van der Waals surface area contributed by atoms with Gasteiger partial charge in [-0.05, 0) is 122 Å². The van der Waals surface area contributed by atoms with Crippen molar-refractivity contribution in [2.45, 2.75) is 227 Å². The fourth-order valence-corrected chi connectivity index (χ4v) is 7.78. The lowest BCUT2D eigenvalue weighted by atomic mass is 9.87. The molecule has 0 radical (unpaired) electrons. The van der Waals surface area contributed by atoms with Crippen molar-refractivity contribution in [2.75, 3.05) is 39.5 Å². The van der Waals surface area contributed by atoms with Crippen LogP contribution in [0, 0.1) is 16.7 Å². The molecule has 0 spiro atoms. The topological polar surface area (TPSA) is 76.1 Å². The normalized spacial score (nSPS) is 14.0. The molecule has 0 saturated heterocycles. The Balaban J connectivity index is 2.20. The molecule has 1 aliphatic carbocycles. The zero-order valence-electron chi connectivity index (χ0n) is 35.6. The van der Waals surface area contributed by atoms with Gasteiger partial charge in [-0.25, -0.2) is 0 Å². The standard InChI is InChI=1S/C46H89NO5/c1-6-9-12-13-14-17-25-41-52-44(50)45(4,5)31-19-15-16-21-36-47(38-23-24-39-48)37-22-20-32-46(34-35-46)33-30-43(49)51-40-26-18-29-42(27-10-7-2)28-11-8-3/h42,48H,6-41H2,1-5H3. The van der Waals surface area contributed by atoms with Gasteiger partial charge >= 0.3 is 11.9 Å². The van der Waals surface area contributed by atoms with Gasteiger partial charge in [0, 0.05) is 13.0 Å². The van der Waals surface area contributed by atoms with Gasteiger partial charge < -0.3 is 19.5 Å². The van der Waals surface area contributed by atoms with E-state index >= 15 is 0 Å². The number of hydrogen-bond acceptors (Lipinski definition) is 6. The average Bonchev–Trinajstić information content (AvgIpc) is 3.91. The molecule has 0 atom stereocenters. The lowest BCUT2D eigenvalue weighted by Crippen LogP contribution is -2.28. The van der Waals surface area contributed by atoms with Gasteiger partial charge in [-0.1, -0.05) is 130 Å². The molecule has 1 fully saturated rings. The Morgan fingerprint density at radius 1 is 0.615 bits per heavy atom. The summed E-state index contributed by atoms with van der Waals surface area (Å²) in [5.74, 6) is 0.836. The molecular weight excluding hydrogens is 647 g/mol. The molecule has 0 heterocycles. The third-order valence-corrected chi connectivity index (χ3v) is 11.9. The van der Waals surface area contributed by atoms with Crippen LogP contribution in [0.4, 0.5) is 0 Å². The molecule has 1 rings (SSSR count). The van der Waals surface area contributed by atoms with Gasteiger partial charge in [-0.3, -0.25) is 9.59 Å². The quantitative estimate of drug-likeness (QED) is 0.0500. The minimum absolute atomic E-state index is 0.0112. The van der Waals surface area contributed by atoms with Crippen LogP contribution >= 0.6 is 0 Å². The summed E-state index contributed by atoms with van der Waals surface area (Å²) in [6, 6.07) is 0. The van der Waals surface area contributed by atoms with Crippen LogP contribution in [0.25, 0.3) is 0 Å². The molecule has 1 aliphatic rings. The van der Waals surface area contributed by atoms with Gasteiger partial charge in [0.2, 0.25) is 0 Å². The fourth-order valence-electron chi connectivity index (χ4n) is 7.78. The van der Waals surface area contributed by atoms with Gasteiger partial charge in [0.05, 0.1) is 18.6 Å². The molecule has 0 amide bonds. The first-order chi connectivity index (χ1) is 25.2. The second kappa shape index (κ2) is 32.1. The number of aliphatic hydroxyl groups is 1. The Labute approximate surface area is 323 Å². The molecule has 0 aromatic carbocycles. The lowest BCUT2D eigenvalue weighted by Gasteiger charge is -2.24. The van der Waals surface area contributed by atoms with E-state index in [0.717, 1.165) is 83.3 Å². The highest BCUT2D eigenvalue weighted by atomic mass is 16.5.